The molecule has 0 aromatic carbocycles. The van der Waals surface area contributed by atoms with E-state index in [9.17, 15) is 9.90 Å². The van der Waals surface area contributed by atoms with Crippen molar-refractivity contribution in [2.45, 2.75) is 26.4 Å². The summed E-state index contributed by atoms with van der Waals surface area (Å²) in [5.41, 5.74) is 0. The lowest BCUT2D eigenvalue weighted by Crippen LogP contribution is -2.45. The maximum atomic E-state index is 10.8. The largest absolute Gasteiger partial charge is 0.392 e. The molecule has 1 aliphatic heterocycles. The number of hydrogen-bond donors (Lipinski definition) is 2. The van der Waals surface area contributed by atoms with Crippen LogP contribution in [-0.2, 0) is 4.79 Å². The summed E-state index contributed by atoms with van der Waals surface area (Å²) in [6.45, 7) is 4.74. The van der Waals surface area contributed by atoms with Gasteiger partial charge >= 0.3 is 0 Å². The fraction of sp³-hybridized carbons (Fsp3) is 0.875. The summed E-state index contributed by atoms with van der Waals surface area (Å²) in [4.78, 5) is 10.8. The average molecular weight is 157 g/mol. The highest BCUT2D eigenvalue weighted by molar-refractivity contribution is 5.77. The summed E-state index contributed by atoms with van der Waals surface area (Å²) in [6.07, 6.45) is -0.174. The van der Waals surface area contributed by atoms with Crippen LogP contribution >= 0.6 is 0 Å². The van der Waals surface area contributed by atoms with Gasteiger partial charge < -0.3 is 10.4 Å². The second-order valence-corrected chi connectivity index (χ2v) is 3.48. The SMILES string of the molecule is CC(C)[C@H]1CNC(=O)C[C@@H]1O. The van der Waals surface area contributed by atoms with E-state index in [2.05, 4.69) is 19.2 Å². The Labute approximate surface area is 66.8 Å². The Morgan fingerprint density at radius 3 is 2.73 bits per heavy atom. The molecule has 2 N–H and O–H groups in total. The summed E-state index contributed by atoms with van der Waals surface area (Å²) in [5.74, 6) is 0.632. The minimum atomic E-state index is -0.441. The first-order valence-electron chi connectivity index (χ1n) is 4.06. The van der Waals surface area contributed by atoms with Gasteiger partial charge in [0.2, 0.25) is 5.91 Å². The Kier molecular flexibility index (Phi) is 2.49. The summed E-state index contributed by atoms with van der Waals surface area (Å²) < 4.78 is 0. The van der Waals surface area contributed by atoms with Crippen LogP contribution in [0.25, 0.3) is 0 Å². The Morgan fingerprint density at radius 1 is 1.64 bits per heavy atom. The summed E-state index contributed by atoms with van der Waals surface area (Å²) in [6, 6.07) is 0. The van der Waals surface area contributed by atoms with Crippen molar-refractivity contribution in [2.24, 2.45) is 11.8 Å². The highest BCUT2D eigenvalue weighted by Crippen LogP contribution is 2.19. The molecule has 0 bridgehead atoms. The van der Waals surface area contributed by atoms with E-state index < -0.39 is 6.10 Å². The van der Waals surface area contributed by atoms with E-state index in [0.717, 1.165) is 0 Å². The minimum absolute atomic E-state index is 0.0330. The Balaban J connectivity index is 2.50. The molecule has 11 heavy (non-hydrogen) atoms. The highest BCUT2D eigenvalue weighted by Gasteiger charge is 2.29. The molecule has 64 valence electrons. The van der Waals surface area contributed by atoms with Crippen LogP contribution in [0.5, 0.6) is 0 Å². The molecule has 1 fully saturated rings. The van der Waals surface area contributed by atoms with Gasteiger partial charge in [-0.05, 0) is 5.92 Å². The average Bonchev–Trinajstić information content (AvgIpc) is 1.85. The van der Waals surface area contributed by atoms with Crippen LogP contribution in [-0.4, -0.2) is 23.7 Å². The molecule has 2 atom stereocenters. The molecule has 1 heterocycles. The van der Waals surface area contributed by atoms with E-state index in [-0.39, 0.29) is 18.2 Å². The molecule has 3 heteroatoms. The van der Waals surface area contributed by atoms with Crippen molar-refractivity contribution in [1.82, 2.24) is 5.32 Å². The van der Waals surface area contributed by atoms with Gasteiger partial charge in [0.05, 0.1) is 12.5 Å². The van der Waals surface area contributed by atoms with Crippen molar-refractivity contribution < 1.29 is 9.90 Å². The van der Waals surface area contributed by atoms with Crippen LogP contribution in [0.4, 0.5) is 0 Å². The van der Waals surface area contributed by atoms with Gasteiger partial charge in [0.1, 0.15) is 0 Å². The van der Waals surface area contributed by atoms with E-state index in [4.69, 9.17) is 0 Å². The molecule has 1 saturated heterocycles. The highest BCUT2D eigenvalue weighted by atomic mass is 16.3. The van der Waals surface area contributed by atoms with E-state index in [1.807, 2.05) is 0 Å². The van der Waals surface area contributed by atoms with Crippen LogP contribution in [0, 0.1) is 11.8 Å². The Morgan fingerprint density at radius 2 is 2.27 bits per heavy atom. The first-order chi connectivity index (χ1) is 5.11. The van der Waals surface area contributed by atoms with Gasteiger partial charge in [0, 0.05) is 12.5 Å². The Bertz CT molecular complexity index is 156. The maximum Gasteiger partial charge on any atom is 0.222 e. The number of nitrogens with one attached hydrogen (secondary N) is 1. The van der Waals surface area contributed by atoms with Crippen LogP contribution in [0.3, 0.4) is 0 Å². The van der Waals surface area contributed by atoms with Gasteiger partial charge in [-0.15, -0.1) is 0 Å². The minimum Gasteiger partial charge on any atom is -0.392 e. The van der Waals surface area contributed by atoms with Crippen LogP contribution in [0.1, 0.15) is 20.3 Å². The lowest BCUT2D eigenvalue weighted by atomic mass is 9.86. The summed E-state index contributed by atoms with van der Waals surface area (Å²) in [5, 5.41) is 12.2. The van der Waals surface area contributed by atoms with Crippen molar-refractivity contribution in [3.8, 4) is 0 Å². The topological polar surface area (TPSA) is 49.3 Å². The molecular weight excluding hydrogens is 142 g/mol. The third kappa shape index (κ3) is 1.93. The van der Waals surface area contributed by atoms with E-state index in [0.29, 0.717) is 12.5 Å². The molecule has 1 amide bonds. The first-order valence-corrected chi connectivity index (χ1v) is 4.06. The van der Waals surface area contributed by atoms with E-state index >= 15 is 0 Å². The normalized spacial score (nSPS) is 32.2. The first kappa shape index (κ1) is 8.53. The van der Waals surface area contributed by atoms with E-state index in [1.54, 1.807) is 0 Å². The number of aliphatic hydroxyl groups excluding tert-OH is 1. The van der Waals surface area contributed by atoms with Crippen molar-refractivity contribution >= 4 is 5.91 Å². The number of piperidine rings is 1. The second-order valence-electron chi connectivity index (χ2n) is 3.48. The molecule has 0 radical (unpaired) electrons. The molecule has 3 nitrogen and oxygen atoms in total. The van der Waals surface area contributed by atoms with Gasteiger partial charge in [-0.3, -0.25) is 4.79 Å². The smallest absolute Gasteiger partial charge is 0.222 e. The fourth-order valence-electron chi connectivity index (χ4n) is 1.46. The van der Waals surface area contributed by atoms with Crippen molar-refractivity contribution in [3.63, 3.8) is 0 Å². The number of amides is 1. The van der Waals surface area contributed by atoms with Crippen molar-refractivity contribution in [1.29, 1.82) is 0 Å². The number of rotatable bonds is 1. The number of carbonyl (C=O) groups excluding carboxylic acids is 1. The lowest BCUT2D eigenvalue weighted by Gasteiger charge is -2.30. The molecule has 0 aromatic heterocycles. The monoisotopic (exact) mass is 157 g/mol. The molecule has 0 aliphatic carbocycles. The molecule has 0 aromatic rings. The van der Waals surface area contributed by atoms with Crippen molar-refractivity contribution in [3.05, 3.63) is 0 Å². The lowest BCUT2D eigenvalue weighted by molar-refractivity contribution is -0.127. The van der Waals surface area contributed by atoms with Gasteiger partial charge in [-0.1, -0.05) is 13.8 Å². The molecule has 0 spiro atoms. The number of hydrogen-bond acceptors (Lipinski definition) is 2. The van der Waals surface area contributed by atoms with Crippen LogP contribution in [0.15, 0.2) is 0 Å². The summed E-state index contributed by atoms with van der Waals surface area (Å²) >= 11 is 0. The van der Waals surface area contributed by atoms with Crippen molar-refractivity contribution in [2.75, 3.05) is 6.54 Å². The summed E-state index contributed by atoms with van der Waals surface area (Å²) in [7, 11) is 0. The number of aliphatic hydroxyl groups is 1. The molecular formula is C8H15NO2. The van der Waals surface area contributed by atoms with Crippen LogP contribution < -0.4 is 5.32 Å². The zero-order valence-electron chi connectivity index (χ0n) is 7.00. The molecule has 1 rings (SSSR count). The molecule has 0 saturated carbocycles. The zero-order chi connectivity index (χ0) is 8.43. The molecule has 1 aliphatic rings. The van der Waals surface area contributed by atoms with Gasteiger partial charge in [-0.2, -0.15) is 0 Å². The third-order valence-corrected chi connectivity index (χ3v) is 2.28. The quantitative estimate of drug-likeness (QED) is 0.569. The van der Waals surface area contributed by atoms with Gasteiger partial charge in [0.15, 0.2) is 0 Å². The molecule has 0 unspecified atom stereocenters. The Hall–Kier alpha value is -0.570. The maximum absolute atomic E-state index is 10.8. The van der Waals surface area contributed by atoms with Crippen LogP contribution in [0.2, 0.25) is 0 Å². The fourth-order valence-corrected chi connectivity index (χ4v) is 1.46. The van der Waals surface area contributed by atoms with Gasteiger partial charge in [-0.25, -0.2) is 0 Å². The number of carbonyl (C=O) groups is 1. The third-order valence-electron chi connectivity index (χ3n) is 2.28. The zero-order valence-corrected chi connectivity index (χ0v) is 7.00. The predicted molar refractivity (Wildman–Crippen MR) is 42.0 cm³/mol. The standard InChI is InChI=1S/C8H15NO2/c1-5(2)6-4-9-8(11)3-7(6)10/h5-7,10H,3-4H2,1-2H3,(H,9,11)/t6-,7+/m1/s1. The second kappa shape index (κ2) is 3.22. The van der Waals surface area contributed by atoms with Gasteiger partial charge in [0.25, 0.3) is 0 Å². The predicted octanol–water partition coefficient (Wildman–Crippen LogP) is 0.139. The van der Waals surface area contributed by atoms with E-state index in [1.165, 1.54) is 0 Å².